The SMILES string of the molecule is Cc1cc(Br)ccc1NC(=O)COC(=O)c1ccc(Cl)c(Cl)c1. The first kappa shape index (κ1) is 17.8. The molecule has 0 aliphatic rings. The first-order valence-electron chi connectivity index (χ1n) is 6.55. The predicted octanol–water partition coefficient (Wildman–Crippen LogP) is 4.86. The average molecular weight is 417 g/mol. The molecular formula is C16H12BrCl2NO3. The van der Waals surface area contributed by atoms with Crippen LogP contribution in [0.4, 0.5) is 5.69 Å². The lowest BCUT2D eigenvalue weighted by atomic mass is 10.2. The molecule has 23 heavy (non-hydrogen) atoms. The van der Waals surface area contributed by atoms with E-state index in [0.717, 1.165) is 10.0 Å². The molecule has 0 spiro atoms. The van der Waals surface area contributed by atoms with Crippen molar-refractivity contribution in [3.05, 3.63) is 62.0 Å². The van der Waals surface area contributed by atoms with Gasteiger partial charge in [-0.05, 0) is 48.9 Å². The van der Waals surface area contributed by atoms with Gasteiger partial charge in [-0.1, -0.05) is 39.1 Å². The summed E-state index contributed by atoms with van der Waals surface area (Å²) < 4.78 is 5.87. The van der Waals surface area contributed by atoms with Crippen LogP contribution in [0.5, 0.6) is 0 Å². The lowest BCUT2D eigenvalue weighted by Crippen LogP contribution is -2.21. The van der Waals surface area contributed by atoms with Crippen LogP contribution in [0.3, 0.4) is 0 Å². The van der Waals surface area contributed by atoms with Gasteiger partial charge < -0.3 is 10.1 Å². The second-order valence-corrected chi connectivity index (χ2v) is 6.44. The predicted molar refractivity (Wildman–Crippen MR) is 94.3 cm³/mol. The fourth-order valence-corrected chi connectivity index (χ4v) is 2.56. The maximum Gasteiger partial charge on any atom is 0.338 e. The Morgan fingerprint density at radius 2 is 1.87 bits per heavy atom. The molecule has 2 rings (SSSR count). The van der Waals surface area contributed by atoms with E-state index in [-0.39, 0.29) is 10.6 Å². The van der Waals surface area contributed by atoms with Crippen LogP contribution in [-0.2, 0) is 9.53 Å². The molecule has 120 valence electrons. The standard InChI is InChI=1S/C16H12BrCl2NO3/c1-9-6-11(17)3-5-14(9)20-15(21)8-23-16(22)10-2-4-12(18)13(19)7-10/h2-7H,8H2,1H3,(H,20,21). The van der Waals surface area contributed by atoms with Crippen molar-refractivity contribution in [2.24, 2.45) is 0 Å². The summed E-state index contributed by atoms with van der Waals surface area (Å²) in [6, 6.07) is 9.81. The zero-order chi connectivity index (χ0) is 17.0. The number of carbonyl (C=O) groups excluding carboxylic acids is 2. The van der Waals surface area contributed by atoms with Gasteiger partial charge in [-0.25, -0.2) is 4.79 Å². The number of benzene rings is 2. The van der Waals surface area contributed by atoms with Crippen molar-refractivity contribution >= 4 is 56.7 Å². The van der Waals surface area contributed by atoms with E-state index in [1.807, 2.05) is 19.1 Å². The Hall–Kier alpha value is -1.56. The van der Waals surface area contributed by atoms with Crippen LogP contribution >= 0.6 is 39.1 Å². The monoisotopic (exact) mass is 415 g/mol. The van der Waals surface area contributed by atoms with Gasteiger partial charge >= 0.3 is 5.97 Å². The summed E-state index contributed by atoms with van der Waals surface area (Å²) in [6.07, 6.45) is 0. The van der Waals surface area contributed by atoms with Crippen LogP contribution in [0.2, 0.25) is 10.0 Å². The molecule has 1 N–H and O–H groups in total. The molecule has 0 heterocycles. The van der Waals surface area contributed by atoms with Gasteiger partial charge in [0.05, 0.1) is 15.6 Å². The maximum absolute atomic E-state index is 11.9. The van der Waals surface area contributed by atoms with Crippen molar-refractivity contribution in [2.75, 3.05) is 11.9 Å². The van der Waals surface area contributed by atoms with Crippen molar-refractivity contribution in [3.63, 3.8) is 0 Å². The molecule has 0 fully saturated rings. The molecule has 4 nitrogen and oxygen atoms in total. The molecule has 2 aromatic carbocycles. The zero-order valence-electron chi connectivity index (χ0n) is 12.0. The number of hydrogen-bond donors (Lipinski definition) is 1. The van der Waals surface area contributed by atoms with Crippen LogP contribution in [0.15, 0.2) is 40.9 Å². The number of anilines is 1. The second-order valence-electron chi connectivity index (χ2n) is 4.71. The van der Waals surface area contributed by atoms with Gasteiger partial charge in [0.1, 0.15) is 0 Å². The Kier molecular flexibility index (Phi) is 6.04. The van der Waals surface area contributed by atoms with Gasteiger partial charge in [-0.15, -0.1) is 0 Å². The third-order valence-corrected chi connectivity index (χ3v) is 4.18. The highest BCUT2D eigenvalue weighted by molar-refractivity contribution is 9.10. The third-order valence-electron chi connectivity index (χ3n) is 2.95. The molecule has 0 bridgehead atoms. The zero-order valence-corrected chi connectivity index (χ0v) is 15.1. The van der Waals surface area contributed by atoms with E-state index in [9.17, 15) is 9.59 Å². The summed E-state index contributed by atoms with van der Waals surface area (Å²) in [5, 5.41) is 3.27. The molecule has 0 radical (unpaired) electrons. The van der Waals surface area contributed by atoms with Gasteiger partial charge in [0.15, 0.2) is 6.61 Å². The number of hydrogen-bond acceptors (Lipinski definition) is 3. The fourth-order valence-electron chi connectivity index (χ4n) is 1.79. The van der Waals surface area contributed by atoms with Gasteiger partial charge in [-0.3, -0.25) is 4.79 Å². The number of rotatable bonds is 4. The molecule has 0 aliphatic carbocycles. The molecule has 0 unspecified atom stereocenters. The van der Waals surface area contributed by atoms with Crippen LogP contribution in [-0.4, -0.2) is 18.5 Å². The number of esters is 1. The summed E-state index contributed by atoms with van der Waals surface area (Å²) in [4.78, 5) is 23.7. The van der Waals surface area contributed by atoms with Crippen LogP contribution in [0.25, 0.3) is 0 Å². The molecule has 0 aliphatic heterocycles. The summed E-state index contributed by atoms with van der Waals surface area (Å²) in [5.41, 5.74) is 1.78. The fraction of sp³-hybridized carbons (Fsp3) is 0.125. The number of halogens is 3. The molecule has 0 aromatic heterocycles. The molecular weight excluding hydrogens is 405 g/mol. The summed E-state index contributed by atoms with van der Waals surface area (Å²) >= 11 is 15.0. The summed E-state index contributed by atoms with van der Waals surface area (Å²) in [5.74, 6) is -1.07. The highest BCUT2D eigenvalue weighted by Gasteiger charge is 2.12. The van der Waals surface area contributed by atoms with Crippen molar-refractivity contribution in [1.82, 2.24) is 0 Å². The number of nitrogens with one attached hydrogen (secondary N) is 1. The molecule has 0 saturated heterocycles. The van der Waals surface area contributed by atoms with Crippen LogP contribution < -0.4 is 5.32 Å². The summed E-state index contributed by atoms with van der Waals surface area (Å²) in [6.45, 7) is 1.47. The molecule has 0 atom stereocenters. The minimum Gasteiger partial charge on any atom is -0.452 e. The van der Waals surface area contributed by atoms with E-state index < -0.39 is 18.5 Å². The Morgan fingerprint density at radius 1 is 1.13 bits per heavy atom. The van der Waals surface area contributed by atoms with E-state index in [0.29, 0.717) is 10.7 Å². The van der Waals surface area contributed by atoms with Gasteiger partial charge in [-0.2, -0.15) is 0 Å². The molecule has 0 saturated carbocycles. The smallest absolute Gasteiger partial charge is 0.338 e. The second kappa shape index (κ2) is 7.81. The van der Waals surface area contributed by atoms with E-state index >= 15 is 0 Å². The lowest BCUT2D eigenvalue weighted by Gasteiger charge is -2.09. The van der Waals surface area contributed by atoms with Crippen LogP contribution in [0, 0.1) is 6.92 Å². The first-order chi connectivity index (χ1) is 10.9. The van der Waals surface area contributed by atoms with Crippen molar-refractivity contribution in [3.8, 4) is 0 Å². The minimum absolute atomic E-state index is 0.229. The Bertz CT molecular complexity index is 765. The van der Waals surface area contributed by atoms with E-state index in [1.165, 1.54) is 18.2 Å². The van der Waals surface area contributed by atoms with Gasteiger partial charge in [0, 0.05) is 10.2 Å². The van der Waals surface area contributed by atoms with Crippen molar-refractivity contribution in [2.45, 2.75) is 6.92 Å². The largest absolute Gasteiger partial charge is 0.452 e. The molecule has 2 aromatic rings. The first-order valence-corrected chi connectivity index (χ1v) is 8.10. The van der Waals surface area contributed by atoms with E-state index in [1.54, 1.807) is 6.07 Å². The molecule has 1 amide bonds. The normalized spacial score (nSPS) is 10.3. The van der Waals surface area contributed by atoms with Gasteiger partial charge in [0.2, 0.25) is 0 Å². The number of amides is 1. The maximum atomic E-state index is 11.9. The third kappa shape index (κ3) is 4.96. The topological polar surface area (TPSA) is 55.4 Å². The number of carbonyl (C=O) groups is 2. The Morgan fingerprint density at radius 3 is 2.52 bits per heavy atom. The lowest BCUT2D eigenvalue weighted by molar-refractivity contribution is -0.119. The van der Waals surface area contributed by atoms with E-state index in [2.05, 4.69) is 21.2 Å². The van der Waals surface area contributed by atoms with E-state index in [4.69, 9.17) is 27.9 Å². The Labute approximate surface area is 151 Å². The number of aryl methyl sites for hydroxylation is 1. The number of ether oxygens (including phenoxy) is 1. The van der Waals surface area contributed by atoms with Gasteiger partial charge in [0.25, 0.3) is 5.91 Å². The highest BCUT2D eigenvalue weighted by Crippen LogP contribution is 2.23. The average Bonchev–Trinajstić information content (AvgIpc) is 2.50. The quantitative estimate of drug-likeness (QED) is 0.724. The Balaban J connectivity index is 1.93. The minimum atomic E-state index is -0.647. The molecule has 7 heteroatoms. The van der Waals surface area contributed by atoms with Crippen molar-refractivity contribution in [1.29, 1.82) is 0 Å². The summed E-state index contributed by atoms with van der Waals surface area (Å²) in [7, 11) is 0. The van der Waals surface area contributed by atoms with Crippen LogP contribution in [0.1, 0.15) is 15.9 Å². The van der Waals surface area contributed by atoms with Crippen molar-refractivity contribution < 1.29 is 14.3 Å². The highest BCUT2D eigenvalue weighted by atomic mass is 79.9.